The third-order valence-corrected chi connectivity index (χ3v) is 4.15. The van der Waals surface area contributed by atoms with Crippen molar-refractivity contribution in [3.8, 4) is 0 Å². The summed E-state index contributed by atoms with van der Waals surface area (Å²) in [6.45, 7) is 2.94. The number of aliphatic hydroxyl groups excluding tert-OH is 1. The maximum Gasteiger partial charge on any atom is 0.240 e. The van der Waals surface area contributed by atoms with Gasteiger partial charge in [-0.05, 0) is 58.4 Å². The Labute approximate surface area is 115 Å². The lowest BCUT2D eigenvalue weighted by Crippen LogP contribution is -2.58. The number of hydrogen-bond donors (Lipinski definition) is 3. The van der Waals surface area contributed by atoms with Crippen LogP contribution >= 0.6 is 12.4 Å². The van der Waals surface area contributed by atoms with Gasteiger partial charge in [0.2, 0.25) is 5.91 Å². The number of amides is 1. The van der Waals surface area contributed by atoms with Crippen LogP contribution in [0.25, 0.3) is 0 Å². The fourth-order valence-corrected chi connectivity index (χ4v) is 2.81. The lowest BCUT2D eigenvalue weighted by Gasteiger charge is -2.36. The van der Waals surface area contributed by atoms with E-state index >= 15 is 0 Å². The third-order valence-electron chi connectivity index (χ3n) is 4.15. The topological polar surface area (TPSA) is 61.4 Å². The van der Waals surface area contributed by atoms with Gasteiger partial charge in [0.05, 0.1) is 11.6 Å². The summed E-state index contributed by atoms with van der Waals surface area (Å²) in [7, 11) is 0. The number of carbonyl (C=O) groups excluding carboxylic acids is 1. The van der Waals surface area contributed by atoms with Crippen LogP contribution in [-0.4, -0.2) is 35.2 Å². The molecule has 2 rings (SSSR count). The molecule has 1 aliphatic heterocycles. The Hall–Kier alpha value is -0.320. The molecule has 106 valence electrons. The van der Waals surface area contributed by atoms with E-state index in [1.54, 1.807) is 0 Å². The van der Waals surface area contributed by atoms with E-state index < -0.39 is 0 Å². The molecular weight excluding hydrogens is 252 g/mol. The molecule has 0 spiro atoms. The van der Waals surface area contributed by atoms with Crippen molar-refractivity contribution < 1.29 is 9.90 Å². The van der Waals surface area contributed by atoms with Gasteiger partial charge in [0.15, 0.2) is 0 Å². The number of carbonyl (C=O) groups is 1. The second-order valence-corrected chi connectivity index (χ2v) is 5.69. The van der Waals surface area contributed by atoms with Crippen LogP contribution in [0.1, 0.15) is 51.9 Å². The minimum absolute atomic E-state index is 0. The molecule has 4 nitrogen and oxygen atoms in total. The molecule has 0 aromatic carbocycles. The number of rotatable bonds is 2. The van der Waals surface area contributed by atoms with Crippen LogP contribution in [0.5, 0.6) is 0 Å². The monoisotopic (exact) mass is 276 g/mol. The maximum atomic E-state index is 12.2. The number of nitrogens with one attached hydrogen (secondary N) is 2. The highest BCUT2D eigenvalue weighted by molar-refractivity contribution is 5.86. The summed E-state index contributed by atoms with van der Waals surface area (Å²) >= 11 is 0. The molecule has 0 bridgehead atoms. The van der Waals surface area contributed by atoms with Crippen LogP contribution in [0.15, 0.2) is 0 Å². The van der Waals surface area contributed by atoms with Gasteiger partial charge in [-0.25, -0.2) is 0 Å². The Bertz CT molecular complexity index is 272. The summed E-state index contributed by atoms with van der Waals surface area (Å²) in [5.74, 6) is 0.138. The standard InChI is InChI=1S/C13H24N2O2.ClH/c1-13(8-2-3-9-14-13)12(17)15-10-4-6-11(16)7-5-10;/h10-11,14,16H,2-9H2,1H3,(H,15,17);1H. The Morgan fingerprint density at radius 2 is 1.94 bits per heavy atom. The average Bonchev–Trinajstić information content (AvgIpc) is 2.33. The van der Waals surface area contributed by atoms with E-state index in [0.717, 1.165) is 45.1 Å². The average molecular weight is 277 g/mol. The molecule has 0 aromatic heterocycles. The van der Waals surface area contributed by atoms with Crippen molar-refractivity contribution in [2.24, 2.45) is 0 Å². The third kappa shape index (κ3) is 3.84. The van der Waals surface area contributed by atoms with Crippen molar-refractivity contribution in [2.45, 2.75) is 69.6 Å². The van der Waals surface area contributed by atoms with Gasteiger partial charge in [0.25, 0.3) is 0 Å². The number of aliphatic hydroxyl groups is 1. The van der Waals surface area contributed by atoms with E-state index in [1.807, 2.05) is 6.92 Å². The number of hydrogen-bond acceptors (Lipinski definition) is 3. The molecule has 0 aromatic rings. The summed E-state index contributed by atoms with van der Waals surface area (Å²) in [5.41, 5.74) is -0.381. The zero-order valence-corrected chi connectivity index (χ0v) is 11.9. The molecule has 1 aliphatic carbocycles. The van der Waals surface area contributed by atoms with Gasteiger partial charge in [-0.3, -0.25) is 4.79 Å². The SMILES string of the molecule is CC1(C(=O)NC2CCC(O)CC2)CCCCN1.Cl. The normalized spacial score (nSPS) is 36.6. The van der Waals surface area contributed by atoms with E-state index in [4.69, 9.17) is 0 Å². The first-order valence-corrected chi connectivity index (χ1v) is 6.84. The van der Waals surface area contributed by atoms with Gasteiger partial charge >= 0.3 is 0 Å². The Kier molecular flexibility index (Phi) is 5.89. The van der Waals surface area contributed by atoms with Crippen molar-refractivity contribution in [2.75, 3.05) is 6.54 Å². The largest absolute Gasteiger partial charge is 0.393 e. The van der Waals surface area contributed by atoms with Gasteiger partial charge in [-0.1, -0.05) is 0 Å². The van der Waals surface area contributed by atoms with Crippen molar-refractivity contribution in [1.82, 2.24) is 10.6 Å². The summed E-state index contributed by atoms with van der Waals surface area (Å²) in [6.07, 6.45) is 6.50. The molecular formula is C13H25ClN2O2. The van der Waals surface area contributed by atoms with Crippen LogP contribution in [0, 0.1) is 0 Å². The Morgan fingerprint density at radius 1 is 1.28 bits per heavy atom. The Balaban J connectivity index is 0.00000162. The molecule has 3 N–H and O–H groups in total. The highest BCUT2D eigenvalue weighted by atomic mass is 35.5. The molecule has 1 amide bonds. The van der Waals surface area contributed by atoms with E-state index in [-0.39, 0.29) is 36.0 Å². The van der Waals surface area contributed by atoms with E-state index in [2.05, 4.69) is 10.6 Å². The quantitative estimate of drug-likeness (QED) is 0.714. The van der Waals surface area contributed by atoms with E-state index in [9.17, 15) is 9.90 Å². The summed E-state index contributed by atoms with van der Waals surface area (Å²) < 4.78 is 0. The first kappa shape index (κ1) is 15.7. The maximum absolute atomic E-state index is 12.2. The van der Waals surface area contributed by atoms with Crippen LogP contribution in [0.3, 0.4) is 0 Å². The van der Waals surface area contributed by atoms with Crippen molar-refractivity contribution in [3.05, 3.63) is 0 Å². The molecule has 0 radical (unpaired) electrons. The van der Waals surface area contributed by atoms with Crippen molar-refractivity contribution in [1.29, 1.82) is 0 Å². The second kappa shape index (κ2) is 6.73. The second-order valence-electron chi connectivity index (χ2n) is 5.69. The Morgan fingerprint density at radius 3 is 2.50 bits per heavy atom. The molecule has 18 heavy (non-hydrogen) atoms. The van der Waals surface area contributed by atoms with Crippen LogP contribution in [0.2, 0.25) is 0 Å². The summed E-state index contributed by atoms with van der Waals surface area (Å²) in [5, 5.41) is 15.9. The first-order valence-electron chi connectivity index (χ1n) is 6.84. The highest BCUT2D eigenvalue weighted by Gasteiger charge is 2.35. The molecule has 2 aliphatic rings. The van der Waals surface area contributed by atoms with Gasteiger partial charge in [0, 0.05) is 6.04 Å². The summed E-state index contributed by atoms with van der Waals surface area (Å²) in [6, 6.07) is 0.256. The molecule has 5 heteroatoms. The predicted molar refractivity (Wildman–Crippen MR) is 73.9 cm³/mol. The molecule has 1 atom stereocenters. The molecule has 1 heterocycles. The molecule has 1 unspecified atom stereocenters. The molecule has 1 saturated heterocycles. The van der Waals surface area contributed by atoms with Gasteiger partial charge in [-0.15, -0.1) is 12.4 Å². The van der Waals surface area contributed by atoms with Crippen molar-refractivity contribution >= 4 is 18.3 Å². The van der Waals surface area contributed by atoms with E-state index in [1.165, 1.54) is 6.42 Å². The van der Waals surface area contributed by atoms with Crippen LogP contribution in [-0.2, 0) is 4.79 Å². The number of piperidine rings is 1. The minimum Gasteiger partial charge on any atom is -0.393 e. The zero-order valence-electron chi connectivity index (χ0n) is 11.1. The van der Waals surface area contributed by atoms with Gasteiger partial charge < -0.3 is 15.7 Å². The molecule has 2 fully saturated rings. The molecule has 1 saturated carbocycles. The fourth-order valence-electron chi connectivity index (χ4n) is 2.81. The van der Waals surface area contributed by atoms with Crippen LogP contribution < -0.4 is 10.6 Å². The van der Waals surface area contributed by atoms with Crippen molar-refractivity contribution in [3.63, 3.8) is 0 Å². The summed E-state index contributed by atoms with van der Waals surface area (Å²) in [4.78, 5) is 12.2. The fraction of sp³-hybridized carbons (Fsp3) is 0.923. The lowest BCUT2D eigenvalue weighted by atomic mass is 9.88. The van der Waals surface area contributed by atoms with Gasteiger partial charge in [0.1, 0.15) is 0 Å². The number of halogens is 1. The predicted octanol–water partition coefficient (Wildman–Crippen LogP) is 1.36. The van der Waals surface area contributed by atoms with E-state index in [0.29, 0.717) is 0 Å². The lowest BCUT2D eigenvalue weighted by molar-refractivity contribution is -0.129. The van der Waals surface area contributed by atoms with Gasteiger partial charge in [-0.2, -0.15) is 0 Å². The van der Waals surface area contributed by atoms with Crippen LogP contribution in [0.4, 0.5) is 0 Å². The zero-order chi connectivity index (χ0) is 12.3. The first-order chi connectivity index (χ1) is 8.10. The smallest absolute Gasteiger partial charge is 0.240 e. The highest BCUT2D eigenvalue weighted by Crippen LogP contribution is 2.22. The minimum atomic E-state index is -0.381.